The molecule has 33 heavy (non-hydrogen) atoms. The van der Waals surface area contributed by atoms with E-state index in [0.717, 1.165) is 42.4 Å². The lowest BCUT2D eigenvalue weighted by Crippen LogP contribution is -2.40. The van der Waals surface area contributed by atoms with Gasteiger partial charge in [-0.15, -0.1) is 0 Å². The Bertz CT molecular complexity index is 1140. The summed E-state index contributed by atoms with van der Waals surface area (Å²) >= 11 is 0. The van der Waals surface area contributed by atoms with Crippen molar-refractivity contribution in [3.63, 3.8) is 0 Å². The van der Waals surface area contributed by atoms with E-state index in [1.807, 2.05) is 43.3 Å². The molecule has 0 bridgehead atoms. The first-order valence-electron chi connectivity index (χ1n) is 11.1. The maximum absolute atomic E-state index is 12.6. The molecule has 0 spiro atoms. The molecular weight excluding hydrogens is 418 g/mol. The first-order valence-corrected chi connectivity index (χ1v) is 11.1. The van der Waals surface area contributed by atoms with Gasteiger partial charge in [-0.25, -0.2) is 9.78 Å². The van der Waals surface area contributed by atoms with Crippen LogP contribution in [0.2, 0.25) is 0 Å². The number of aromatic nitrogens is 2. The average Bonchev–Trinajstić information content (AvgIpc) is 2.84. The van der Waals surface area contributed by atoms with Gasteiger partial charge in [0.2, 0.25) is 5.95 Å². The number of methoxy groups -OCH3 is 1. The summed E-state index contributed by atoms with van der Waals surface area (Å²) in [6.07, 6.45) is 3.58. The van der Waals surface area contributed by atoms with Gasteiger partial charge in [0.05, 0.1) is 18.2 Å². The maximum atomic E-state index is 12.6. The van der Waals surface area contributed by atoms with Gasteiger partial charge in [0, 0.05) is 37.1 Å². The Kier molecular flexibility index (Phi) is 6.72. The molecule has 0 saturated heterocycles. The van der Waals surface area contributed by atoms with Gasteiger partial charge in [-0.3, -0.25) is 4.79 Å². The summed E-state index contributed by atoms with van der Waals surface area (Å²) in [5, 5.41) is 7.63. The standard InChI is InChI=1S/C25H29N5O3/c1-30(2)22-20-6-4-5-7-21(20)28-25(29-22)27-19-14-12-18(13-15-19)26-23(31)16-8-10-17(11-9-16)24(32)33-3/h4-11,18-19H,12-15H2,1-3H3,(H,26,31)(H,27,28,29). The predicted molar refractivity (Wildman–Crippen MR) is 129 cm³/mol. The number of amides is 1. The monoisotopic (exact) mass is 447 g/mol. The molecule has 3 aromatic rings. The van der Waals surface area contributed by atoms with E-state index >= 15 is 0 Å². The van der Waals surface area contributed by atoms with Crippen LogP contribution in [0, 0.1) is 0 Å². The molecule has 1 aliphatic carbocycles. The number of hydrogen-bond acceptors (Lipinski definition) is 7. The van der Waals surface area contributed by atoms with Crippen molar-refractivity contribution in [3.05, 3.63) is 59.7 Å². The lowest BCUT2D eigenvalue weighted by molar-refractivity contribution is 0.0600. The molecule has 2 aromatic carbocycles. The predicted octanol–water partition coefficient (Wildman–Crippen LogP) is 3.64. The van der Waals surface area contributed by atoms with E-state index in [0.29, 0.717) is 17.1 Å². The summed E-state index contributed by atoms with van der Waals surface area (Å²) in [6, 6.07) is 14.9. The van der Waals surface area contributed by atoms with Crippen LogP contribution in [0.15, 0.2) is 48.5 Å². The number of anilines is 2. The number of ether oxygens (including phenoxy) is 1. The molecule has 2 N–H and O–H groups in total. The number of fused-ring (bicyclic) bond motifs is 1. The minimum atomic E-state index is -0.416. The summed E-state index contributed by atoms with van der Waals surface area (Å²) < 4.78 is 4.69. The fourth-order valence-corrected chi connectivity index (χ4v) is 4.17. The van der Waals surface area contributed by atoms with Crippen molar-refractivity contribution in [1.29, 1.82) is 0 Å². The molecule has 8 nitrogen and oxygen atoms in total. The first kappa shape index (κ1) is 22.5. The SMILES string of the molecule is COC(=O)c1ccc(C(=O)NC2CCC(Nc3nc(N(C)C)c4ccccc4n3)CC2)cc1. The number of carbonyl (C=O) groups is 2. The number of hydrogen-bond donors (Lipinski definition) is 2. The summed E-state index contributed by atoms with van der Waals surface area (Å²) in [5.41, 5.74) is 1.87. The number of rotatable bonds is 6. The molecule has 1 fully saturated rings. The Hall–Kier alpha value is -3.68. The molecule has 4 rings (SSSR count). The summed E-state index contributed by atoms with van der Waals surface area (Å²) in [7, 11) is 5.30. The minimum absolute atomic E-state index is 0.116. The van der Waals surface area contributed by atoms with Gasteiger partial charge in [-0.2, -0.15) is 4.98 Å². The highest BCUT2D eigenvalue weighted by Gasteiger charge is 2.24. The van der Waals surface area contributed by atoms with E-state index in [4.69, 9.17) is 14.7 Å². The number of nitrogens with zero attached hydrogens (tertiary/aromatic N) is 3. The number of benzene rings is 2. The van der Waals surface area contributed by atoms with Gasteiger partial charge in [0.1, 0.15) is 5.82 Å². The molecule has 0 atom stereocenters. The second kappa shape index (κ2) is 9.85. The Morgan fingerprint density at radius 3 is 2.21 bits per heavy atom. The molecule has 0 radical (unpaired) electrons. The third-order valence-corrected chi connectivity index (χ3v) is 5.97. The number of carbonyl (C=O) groups excluding carboxylic acids is 2. The molecule has 8 heteroatoms. The third-order valence-electron chi connectivity index (χ3n) is 5.97. The molecule has 1 saturated carbocycles. The lowest BCUT2D eigenvalue weighted by atomic mass is 9.91. The highest BCUT2D eigenvalue weighted by molar-refractivity contribution is 5.96. The summed E-state index contributed by atoms with van der Waals surface area (Å²) in [6.45, 7) is 0. The van der Waals surface area contributed by atoms with Gasteiger partial charge < -0.3 is 20.3 Å². The van der Waals surface area contributed by atoms with Crippen molar-refractivity contribution in [2.45, 2.75) is 37.8 Å². The van der Waals surface area contributed by atoms with Crippen LogP contribution in [0.1, 0.15) is 46.4 Å². The largest absolute Gasteiger partial charge is 0.465 e. The van der Waals surface area contributed by atoms with Crippen molar-refractivity contribution in [2.24, 2.45) is 0 Å². The molecule has 172 valence electrons. The lowest BCUT2D eigenvalue weighted by Gasteiger charge is -2.30. The zero-order valence-corrected chi connectivity index (χ0v) is 19.2. The van der Waals surface area contributed by atoms with Crippen molar-refractivity contribution >= 4 is 34.5 Å². The Balaban J connectivity index is 1.34. The Morgan fingerprint density at radius 1 is 0.909 bits per heavy atom. The summed E-state index contributed by atoms with van der Waals surface area (Å²) in [4.78, 5) is 35.6. The summed E-state index contributed by atoms with van der Waals surface area (Å²) in [5.74, 6) is 0.982. The molecule has 1 aromatic heterocycles. The Labute approximate surface area is 193 Å². The van der Waals surface area contributed by atoms with Gasteiger partial charge in [0.25, 0.3) is 5.91 Å². The van der Waals surface area contributed by atoms with E-state index in [1.165, 1.54) is 7.11 Å². The number of esters is 1. The highest BCUT2D eigenvalue weighted by atomic mass is 16.5. The van der Waals surface area contributed by atoms with Crippen molar-refractivity contribution in [2.75, 3.05) is 31.4 Å². The van der Waals surface area contributed by atoms with E-state index in [2.05, 4.69) is 10.6 Å². The van der Waals surface area contributed by atoms with E-state index < -0.39 is 5.97 Å². The van der Waals surface area contributed by atoms with Gasteiger partial charge in [-0.05, 0) is 62.1 Å². The van der Waals surface area contributed by atoms with E-state index in [1.54, 1.807) is 24.3 Å². The molecule has 0 unspecified atom stereocenters. The smallest absolute Gasteiger partial charge is 0.337 e. The molecule has 0 aliphatic heterocycles. The van der Waals surface area contributed by atoms with Crippen LogP contribution in [0.3, 0.4) is 0 Å². The fourth-order valence-electron chi connectivity index (χ4n) is 4.17. The molecular formula is C25H29N5O3. The second-order valence-electron chi connectivity index (χ2n) is 8.52. The van der Waals surface area contributed by atoms with Crippen LogP contribution < -0.4 is 15.5 Å². The average molecular weight is 448 g/mol. The van der Waals surface area contributed by atoms with Crippen LogP contribution >= 0.6 is 0 Å². The number of para-hydroxylation sites is 1. The second-order valence-corrected chi connectivity index (χ2v) is 8.52. The van der Waals surface area contributed by atoms with Crippen LogP contribution in [0.25, 0.3) is 10.9 Å². The Morgan fingerprint density at radius 2 is 1.55 bits per heavy atom. The van der Waals surface area contributed by atoms with Crippen molar-refractivity contribution in [1.82, 2.24) is 15.3 Å². The minimum Gasteiger partial charge on any atom is -0.465 e. The maximum Gasteiger partial charge on any atom is 0.337 e. The zero-order valence-electron chi connectivity index (χ0n) is 19.2. The normalized spacial score (nSPS) is 17.9. The van der Waals surface area contributed by atoms with Crippen molar-refractivity contribution in [3.8, 4) is 0 Å². The van der Waals surface area contributed by atoms with E-state index in [9.17, 15) is 9.59 Å². The highest BCUT2D eigenvalue weighted by Crippen LogP contribution is 2.26. The van der Waals surface area contributed by atoms with Crippen molar-refractivity contribution < 1.29 is 14.3 Å². The van der Waals surface area contributed by atoms with Crippen LogP contribution in [0.4, 0.5) is 11.8 Å². The zero-order chi connectivity index (χ0) is 23.4. The number of nitrogens with one attached hydrogen (secondary N) is 2. The van der Waals surface area contributed by atoms with Gasteiger partial charge >= 0.3 is 5.97 Å². The van der Waals surface area contributed by atoms with E-state index in [-0.39, 0.29) is 18.0 Å². The quantitative estimate of drug-likeness (QED) is 0.557. The third kappa shape index (κ3) is 5.22. The fraction of sp³-hybridized carbons (Fsp3) is 0.360. The molecule has 1 heterocycles. The van der Waals surface area contributed by atoms with Gasteiger partial charge in [-0.1, -0.05) is 12.1 Å². The first-order chi connectivity index (χ1) is 15.9. The van der Waals surface area contributed by atoms with Crippen LogP contribution in [-0.4, -0.2) is 55.1 Å². The van der Waals surface area contributed by atoms with Crippen LogP contribution in [-0.2, 0) is 4.74 Å². The topological polar surface area (TPSA) is 96.5 Å². The molecule has 1 aliphatic rings. The molecule has 1 amide bonds. The van der Waals surface area contributed by atoms with Crippen LogP contribution in [0.5, 0.6) is 0 Å². The van der Waals surface area contributed by atoms with Gasteiger partial charge in [0.15, 0.2) is 0 Å².